The second kappa shape index (κ2) is 14.0. The zero-order valence-electron chi connectivity index (χ0n) is 21.4. The maximum atomic E-state index is 13.3. The monoisotopic (exact) mass is 559 g/mol. The molecule has 38 heavy (non-hydrogen) atoms. The molecule has 3 rings (SSSR count). The van der Waals surface area contributed by atoms with E-state index in [0.29, 0.717) is 38.3 Å². The number of alkyl halides is 3. The number of nitro groups is 1. The van der Waals surface area contributed by atoms with Gasteiger partial charge in [0, 0.05) is 64.0 Å². The lowest BCUT2D eigenvalue weighted by Gasteiger charge is -2.39. The smallest absolute Gasteiger partial charge is 0.382 e. The summed E-state index contributed by atoms with van der Waals surface area (Å²) in [5.74, 6) is 0.728. The average Bonchev–Trinajstić information content (AvgIpc) is 2.87. The van der Waals surface area contributed by atoms with Gasteiger partial charge < -0.3 is 20.0 Å². The molecule has 12 heteroatoms. The molecular weight excluding hydrogens is 519 g/mol. The van der Waals surface area contributed by atoms with Crippen molar-refractivity contribution in [2.24, 2.45) is 5.92 Å². The number of nitrogens with one attached hydrogen (secondary N) is 1. The number of benzene rings is 1. The zero-order chi connectivity index (χ0) is 27.2. The van der Waals surface area contributed by atoms with E-state index in [0.717, 1.165) is 62.6 Å². The number of carbonyl (C=O) groups is 1. The van der Waals surface area contributed by atoms with Gasteiger partial charge in [0.25, 0.3) is 5.69 Å². The summed E-state index contributed by atoms with van der Waals surface area (Å²) in [5, 5.41) is 14.8. The van der Waals surface area contributed by atoms with E-state index in [1.165, 1.54) is 6.07 Å². The van der Waals surface area contributed by atoms with Crippen LogP contribution in [-0.4, -0.2) is 76.5 Å². The first-order valence-corrected chi connectivity index (χ1v) is 13.3. The Bertz CT molecular complexity index is 962. The maximum Gasteiger partial charge on any atom is 0.423 e. The Labute approximate surface area is 228 Å². The van der Waals surface area contributed by atoms with E-state index in [1.54, 1.807) is 0 Å². The lowest BCUT2D eigenvalue weighted by atomic mass is 9.96. The number of thiocarbonyl (C=S) groups is 1. The summed E-state index contributed by atoms with van der Waals surface area (Å²) < 4.78 is 39.8. The molecule has 0 aromatic heterocycles. The predicted octanol–water partition coefficient (Wildman–Crippen LogP) is 5.77. The van der Waals surface area contributed by atoms with Crippen LogP contribution in [0.5, 0.6) is 0 Å². The van der Waals surface area contributed by atoms with Crippen LogP contribution in [0.15, 0.2) is 18.2 Å². The maximum absolute atomic E-state index is 13.3. The van der Waals surface area contributed by atoms with Crippen molar-refractivity contribution in [1.82, 2.24) is 14.7 Å². The van der Waals surface area contributed by atoms with E-state index in [-0.39, 0.29) is 25.1 Å². The van der Waals surface area contributed by atoms with Crippen LogP contribution in [0.4, 0.5) is 24.5 Å². The third-order valence-corrected chi connectivity index (χ3v) is 7.77. The van der Waals surface area contributed by atoms with Crippen molar-refractivity contribution in [3.8, 4) is 0 Å². The molecule has 0 unspecified atom stereocenters. The molecule has 8 nitrogen and oxygen atoms in total. The molecule has 0 spiro atoms. The minimum atomic E-state index is -4.80. The molecule has 1 N–H and O–H groups in total. The molecule has 2 aliphatic heterocycles. The number of unbranched alkanes of at least 4 members (excludes halogenated alkanes) is 1. The fraction of sp³-hybridized carbons (Fsp3) is 0.692. The summed E-state index contributed by atoms with van der Waals surface area (Å²) in [6.45, 7) is 5.85. The lowest BCUT2D eigenvalue weighted by molar-refractivity contribution is -0.388. The van der Waals surface area contributed by atoms with Crippen molar-refractivity contribution in [3.63, 3.8) is 0 Å². The molecule has 2 aliphatic rings. The second-order valence-electron chi connectivity index (χ2n) is 9.98. The quantitative estimate of drug-likeness (QED) is 0.246. The Morgan fingerprint density at radius 1 is 1.16 bits per heavy atom. The van der Waals surface area contributed by atoms with Gasteiger partial charge in [-0.3, -0.25) is 14.9 Å². The summed E-state index contributed by atoms with van der Waals surface area (Å²) in [5.41, 5.74) is -1.98. The number of rotatable bonds is 8. The first-order chi connectivity index (χ1) is 17.5. The number of amides is 1. The molecular formula is C26H40F3N5O3S. The molecule has 0 bridgehead atoms. The molecule has 0 radical (unpaired) electrons. The molecule has 2 saturated heterocycles. The largest absolute Gasteiger partial charge is 0.423 e. The van der Waals surface area contributed by atoms with Crippen LogP contribution in [0.3, 0.4) is 0 Å². The first kappa shape index (κ1) is 31.6. The van der Waals surface area contributed by atoms with Gasteiger partial charge >= 0.3 is 6.18 Å². The number of hydrogen-bond donors (Lipinski definition) is 1. The van der Waals surface area contributed by atoms with Gasteiger partial charge in [-0.25, -0.2) is 0 Å². The van der Waals surface area contributed by atoms with Crippen LogP contribution >= 0.6 is 12.2 Å². The van der Waals surface area contributed by atoms with Gasteiger partial charge in [-0.05, 0) is 62.4 Å². The van der Waals surface area contributed by atoms with Crippen molar-refractivity contribution in [3.05, 3.63) is 33.9 Å². The highest BCUT2D eigenvalue weighted by molar-refractivity contribution is 7.80. The number of hydrogen-bond acceptors (Lipinski definition) is 5. The number of nitrogens with zero attached hydrogens (tertiary/aromatic N) is 4. The highest BCUT2D eigenvalue weighted by atomic mass is 32.1. The molecule has 1 amide bonds. The number of likely N-dealkylation sites (tertiary alicyclic amines) is 2. The normalized spacial score (nSPS) is 17.1. The van der Waals surface area contributed by atoms with Gasteiger partial charge in [0.15, 0.2) is 5.11 Å². The zero-order valence-corrected chi connectivity index (χ0v) is 22.2. The highest BCUT2D eigenvalue weighted by Gasteiger charge is 2.38. The van der Waals surface area contributed by atoms with Crippen molar-refractivity contribution < 1.29 is 22.9 Å². The number of halogens is 3. The molecule has 0 saturated carbocycles. The van der Waals surface area contributed by atoms with Crippen molar-refractivity contribution in [2.75, 3.05) is 45.1 Å². The van der Waals surface area contributed by atoms with Gasteiger partial charge in [-0.2, -0.15) is 13.2 Å². The summed E-state index contributed by atoms with van der Waals surface area (Å²) >= 11 is 5.72. The van der Waals surface area contributed by atoms with Crippen molar-refractivity contribution in [2.45, 2.75) is 71.5 Å². The molecule has 214 valence electrons. The minimum absolute atomic E-state index is 0. The summed E-state index contributed by atoms with van der Waals surface area (Å²) in [4.78, 5) is 28.4. The fourth-order valence-electron chi connectivity index (χ4n) is 5.02. The van der Waals surface area contributed by atoms with E-state index in [1.807, 2.05) is 11.9 Å². The third kappa shape index (κ3) is 8.44. The van der Waals surface area contributed by atoms with Crippen LogP contribution in [0.25, 0.3) is 0 Å². The van der Waals surface area contributed by atoms with Gasteiger partial charge in [-0.1, -0.05) is 20.8 Å². The molecule has 2 heterocycles. The number of carbonyl (C=O) groups excluding carboxylic acids is 1. The van der Waals surface area contributed by atoms with Crippen LogP contribution in [-0.2, 0) is 11.0 Å². The molecule has 0 atom stereocenters. The Balaban J connectivity index is 0.00000507. The Hall–Kier alpha value is -2.63. The number of anilines is 1. The molecule has 1 aromatic rings. The molecule has 1 aromatic carbocycles. The molecule has 0 aliphatic carbocycles. The SMILES string of the molecule is C.CCCCC(=O)N1CCC(CN(C)C(=S)N2CCC(Nc3ccc([N+](=O)[O-])c(C(F)(F)F)c3)CC2)CC1. The summed E-state index contributed by atoms with van der Waals surface area (Å²) in [6.07, 6.45) is 1.08. The minimum Gasteiger partial charge on any atom is -0.382 e. The molecule has 2 fully saturated rings. The average molecular weight is 560 g/mol. The van der Waals surface area contributed by atoms with Crippen molar-refractivity contribution >= 4 is 34.6 Å². The van der Waals surface area contributed by atoms with Crippen LogP contribution in [0.2, 0.25) is 0 Å². The topological polar surface area (TPSA) is 82.0 Å². The highest BCUT2D eigenvalue weighted by Crippen LogP contribution is 2.38. The van der Waals surface area contributed by atoms with E-state index in [9.17, 15) is 28.1 Å². The summed E-state index contributed by atoms with van der Waals surface area (Å²) in [7, 11) is 1.99. The van der Waals surface area contributed by atoms with E-state index in [2.05, 4.69) is 22.0 Å². The van der Waals surface area contributed by atoms with Crippen LogP contribution in [0.1, 0.15) is 64.9 Å². The van der Waals surface area contributed by atoms with Crippen LogP contribution < -0.4 is 5.32 Å². The summed E-state index contributed by atoms with van der Waals surface area (Å²) in [6, 6.07) is 2.98. The van der Waals surface area contributed by atoms with E-state index in [4.69, 9.17) is 12.2 Å². The fourth-order valence-corrected chi connectivity index (χ4v) is 5.28. The number of nitro benzene ring substituents is 1. The first-order valence-electron chi connectivity index (χ1n) is 12.9. The predicted molar refractivity (Wildman–Crippen MR) is 147 cm³/mol. The Kier molecular flexibility index (Phi) is 11.6. The van der Waals surface area contributed by atoms with E-state index >= 15 is 0 Å². The van der Waals surface area contributed by atoms with Crippen molar-refractivity contribution in [1.29, 1.82) is 0 Å². The standard InChI is InChI=1S/C25H36F3N5O3S.CH4/c1-3-4-5-23(34)31-12-8-18(9-13-31)17-30(2)24(37)32-14-10-19(11-15-32)29-20-6-7-22(33(35)36)21(16-20)25(26,27)28;/h6-7,16,18-19,29H,3-5,8-15,17H2,1-2H3;1H4. The van der Waals surface area contributed by atoms with E-state index < -0.39 is 22.4 Å². The van der Waals surface area contributed by atoms with Crippen LogP contribution in [0, 0.1) is 16.0 Å². The third-order valence-electron chi connectivity index (χ3n) is 7.20. The Morgan fingerprint density at radius 3 is 2.32 bits per heavy atom. The van der Waals surface area contributed by atoms with Gasteiger partial charge in [0.1, 0.15) is 5.56 Å². The number of piperidine rings is 2. The van der Waals surface area contributed by atoms with Gasteiger partial charge in [0.05, 0.1) is 4.92 Å². The second-order valence-corrected chi connectivity index (χ2v) is 10.3. The Morgan fingerprint density at radius 2 is 1.76 bits per heavy atom. The van der Waals surface area contributed by atoms with Gasteiger partial charge in [0.2, 0.25) is 5.91 Å². The lowest BCUT2D eigenvalue weighted by Crippen LogP contribution is -2.49. The van der Waals surface area contributed by atoms with Gasteiger partial charge in [-0.15, -0.1) is 0 Å².